The van der Waals surface area contributed by atoms with E-state index in [0.717, 1.165) is 35.7 Å². The smallest absolute Gasteiger partial charge is 0.408 e. The van der Waals surface area contributed by atoms with E-state index in [1.807, 2.05) is 26.1 Å². The third kappa shape index (κ3) is 9.37. The summed E-state index contributed by atoms with van der Waals surface area (Å²) in [6.45, 7) is 11.3. The second-order valence-corrected chi connectivity index (χ2v) is 7.89. The van der Waals surface area contributed by atoms with E-state index in [4.69, 9.17) is 4.74 Å². The fraction of sp³-hybridized carbons (Fsp3) is 0.545. The molecule has 1 unspecified atom stereocenters. The van der Waals surface area contributed by atoms with Gasteiger partial charge in [0.2, 0.25) is 0 Å². The maximum atomic E-state index is 13.2. The van der Waals surface area contributed by atoms with E-state index in [1.165, 1.54) is 34.9 Å². The van der Waals surface area contributed by atoms with Crippen molar-refractivity contribution in [2.75, 3.05) is 13.6 Å². The first kappa shape index (κ1) is 23.6. The first-order valence-electron chi connectivity index (χ1n) is 9.70. The quantitative estimate of drug-likeness (QED) is 0.280. The zero-order valence-electron chi connectivity index (χ0n) is 17.1. The summed E-state index contributed by atoms with van der Waals surface area (Å²) in [4.78, 5) is 2.19. The Hall–Kier alpha value is -1.41. The molecule has 0 radical (unpaired) electrons. The minimum atomic E-state index is -3.28. The van der Waals surface area contributed by atoms with Crippen LogP contribution in [0.3, 0.4) is 0 Å². The summed E-state index contributed by atoms with van der Waals surface area (Å²) < 4.78 is 31.0. The predicted molar refractivity (Wildman–Crippen MR) is 115 cm³/mol. The number of alkyl halides is 2. The largest absolute Gasteiger partial charge is 0.430 e. The standard InChI is InChI=1S/C22H34F2NOP/c1-6-9-18(10-7-2)13-14-25(5)21(15-17(3)4)19-11-8-12-20(16-19)26-22(23,24)27/h8,11-12,15-16,18H,3,6-7,9-10,13-14,27H2,1-2,4-5H3/b21-15-. The van der Waals surface area contributed by atoms with Crippen LogP contribution in [0.15, 0.2) is 42.5 Å². The van der Waals surface area contributed by atoms with Crippen LogP contribution in [0.5, 0.6) is 5.75 Å². The lowest BCUT2D eigenvalue weighted by Gasteiger charge is -2.26. The molecule has 1 aromatic carbocycles. The number of rotatable bonds is 12. The Balaban J connectivity index is 2.99. The van der Waals surface area contributed by atoms with Gasteiger partial charge < -0.3 is 9.64 Å². The summed E-state index contributed by atoms with van der Waals surface area (Å²) in [6.07, 6.45) is 8.00. The molecule has 2 nitrogen and oxygen atoms in total. The average molecular weight is 397 g/mol. The molecule has 1 atom stereocenters. The van der Waals surface area contributed by atoms with Crippen LogP contribution >= 0.6 is 9.24 Å². The van der Waals surface area contributed by atoms with Crippen LogP contribution in [0.25, 0.3) is 5.70 Å². The Morgan fingerprint density at radius 1 is 1.26 bits per heavy atom. The Morgan fingerprint density at radius 2 is 1.89 bits per heavy atom. The maximum Gasteiger partial charge on any atom is 0.408 e. The number of benzene rings is 1. The van der Waals surface area contributed by atoms with Gasteiger partial charge in [0.1, 0.15) is 5.75 Å². The Morgan fingerprint density at radius 3 is 2.41 bits per heavy atom. The van der Waals surface area contributed by atoms with Gasteiger partial charge in [0, 0.05) is 24.9 Å². The lowest BCUT2D eigenvalue weighted by atomic mass is 9.94. The zero-order valence-corrected chi connectivity index (χ0v) is 18.3. The van der Waals surface area contributed by atoms with E-state index in [9.17, 15) is 8.78 Å². The normalized spacial score (nSPS) is 12.4. The van der Waals surface area contributed by atoms with Crippen molar-refractivity contribution < 1.29 is 13.5 Å². The monoisotopic (exact) mass is 397 g/mol. The molecule has 1 aromatic rings. The second-order valence-electron chi connectivity index (χ2n) is 7.22. The van der Waals surface area contributed by atoms with Gasteiger partial charge in [-0.2, -0.15) is 8.78 Å². The molecule has 0 heterocycles. The molecule has 0 saturated carbocycles. The van der Waals surface area contributed by atoms with Crippen LogP contribution in [0.2, 0.25) is 0 Å². The minimum absolute atomic E-state index is 0.142. The molecule has 0 spiro atoms. The van der Waals surface area contributed by atoms with Gasteiger partial charge in [-0.15, -0.1) is 0 Å². The van der Waals surface area contributed by atoms with Crippen molar-refractivity contribution in [3.05, 3.63) is 48.1 Å². The second kappa shape index (κ2) is 11.4. The van der Waals surface area contributed by atoms with Crippen molar-refractivity contribution in [2.24, 2.45) is 5.92 Å². The highest BCUT2D eigenvalue weighted by Crippen LogP contribution is 2.30. The topological polar surface area (TPSA) is 12.5 Å². The highest BCUT2D eigenvalue weighted by atomic mass is 31.0. The van der Waals surface area contributed by atoms with Crippen molar-refractivity contribution >= 4 is 14.9 Å². The molecule has 5 heteroatoms. The summed E-state index contributed by atoms with van der Waals surface area (Å²) in [5.74, 6) is -2.42. The molecule has 1 rings (SSSR count). The molecule has 0 fully saturated rings. The fourth-order valence-corrected chi connectivity index (χ4v) is 3.41. The number of halogens is 2. The van der Waals surface area contributed by atoms with Crippen molar-refractivity contribution in [3.63, 3.8) is 0 Å². The van der Waals surface area contributed by atoms with Crippen molar-refractivity contribution in [1.29, 1.82) is 0 Å². The van der Waals surface area contributed by atoms with E-state index < -0.39 is 5.85 Å². The van der Waals surface area contributed by atoms with Crippen LogP contribution in [-0.2, 0) is 0 Å². The molecule has 0 saturated heterocycles. The summed E-state index contributed by atoms with van der Waals surface area (Å²) >= 11 is 0. The minimum Gasteiger partial charge on any atom is -0.430 e. The molecule has 0 amide bonds. The highest BCUT2D eigenvalue weighted by Gasteiger charge is 2.23. The first-order chi connectivity index (χ1) is 12.7. The number of allylic oxidation sites excluding steroid dienone is 2. The van der Waals surface area contributed by atoms with Gasteiger partial charge in [-0.1, -0.05) is 63.8 Å². The van der Waals surface area contributed by atoms with Gasteiger partial charge in [-0.25, -0.2) is 0 Å². The summed E-state index contributed by atoms with van der Waals surface area (Å²) in [5, 5.41) is 0. The van der Waals surface area contributed by atoms with Crippen molar-refractivity contribution in [2.45, 2.75) is 58.7 Å². The van der Waals surface area contributed by atoms with E-state index in [0.29, 0.717) is 0 Å². The molecular weight excluding hydrogens is 363 g/mol. The van der Waals surface area contributed by atoms with Gasteiger partial charge >= 0.3 is 5.85 Å². The fourth-order valence-electron chi connectivity index (χ4n) is 3.27. The zero-order chi connectivity index (χ0) is 20.4. The van der Waals surface area contributed by atoms with Crippen LogP contribution in [-0.4, -0.2) is 24.3 Å². The number of hydrogen-bond acceptors (Lipinski definition) is 2. The van der Waals surface area contributed by atoms with Crippen LogP contribution in [0, 0.1) is 5.92 Å². The number of nitrogens with zero attached hydrogens (tertiary/aromatic N) is 1. The third-order valence-corrected chi connectivity index (χ3v) is 4.56. The van der Waals surface area contributed by atoms with Gasteiger partial charge in [0.05, 0.1) is 0 Å². The molecular formula is C22H34F2NOP. The Labute approximate surface area is 165 Å². The molecule has 0 aromatic heterocycles. The van der Waals surface area contributed by atoms with Crippen molar-refractivity contribution in [3.8, 4) is 5.75 Å². The lowest BCUT2D eigenvalue weighted by Crippen LogP contribution is -2.21. The maximum absolute atomic E-state index is 13.2. The first-order valence-corrected chi connectivity index (χ1v) is 10.3. The molecule has 27 heavy (non-hydrogen) atoms. The van der Waals surface area contributed by atoms with Gasteiger partial charge in [0.25, 0.3) is 0 Å². The van der Waals surface area contributed by atoms with Crippen molar-refractivity contribution in [1.82, 2.24) is 4.90 Å². The van der Waals surface area contributed by atoms with Crippen LogP contribution in [0.4, 0.5) is 8.78 Å². The average Bonchev–Trinajstić information content (AvgIpc) is 2.56. The summed E-state index contributed by atoms with van der Waals surface area (Å²) in [5.41, 5.74) is 2.72. The van der Waals surface area contributed by atoms with Crippen LogP contribution in [0.1, 0.15) is 58.4 Å². The predicted octanol–water partition coefficient (Wildman–Crippen LogP) is 6.95. The molecule has 0 bridgehead atoms. The lowest BCUT2D eigenvalue weighted by molar-refractivity contribution is -0.0892. The molecule has 152 valence electrons. The molecule has 0 N–H and O–H groups in total. The van der Waals surface area contributed by atoms with E-state index >= 15 is 0 Å². The molecule has 0 aliphatic carbocycles. The van der Waals surface area contributed by atoms with Gasteiger partial charge in [-0.05, 0) is 46.7 Å². The molecule has 0 aliphatic rings. The summed E-state index contributed by atoms with van der Waals surface area (Å²) in [7, 11) is 3.45. The number of hydrogen-bond donors (Lipinski definition) is 0. The molecule has 0 aliphatic heterocycles. The van der Waals surface area contributed by atoms with E-state index in [1.54, 1.807) is 18.2 Å². The highest BCUT2D eigenvalue weighted by molar-refractivity contribution is 7.17. The van der Waals surface area contributed by atoms with Gasteiger partial charge in [0.15, 0.2) is 0 Å². The SMILES string of the molecule is C=C(C)/C=C(/c1cccc(OC(F)(F)P)c1)N(C)CCC(CCC)CCC. The third-order valence-electron chi connectivity index (χ3n) is 4.44. The Kier molecular flexibility index (Phi) is 10.0. The van der Waals surface area contributed by atoms with Gasteiger partial charge in [-0.3, -0.25) is 0 Å². The van der Waals surface area contributed by atoms with E-state index in [2.05, 4.69) is 25.3 Å². The Bertz CT molecular complexity index is 619. The van der Waals surface area contributed by atoms with E-state index in [-0.39, 0.29) is 5.75 Å². The van der Waals surface area contributed by atoms with Crippen LogP contribution < -0.4 is 4.74 Å². The number of ether oxygens (including phenoxy) is 1. The summed E-state index contributed by atoms with van der Waals surface area (Å²) in [6, 6.07) is 6.84.